The maximum atomic E-state index is 12.0. The van der Waals surface area contributed by atoms with Crippen molar-refractivity contribution in [2.45, 2.75) is 39.3 Å². The number of hydrogen-bond acceptors (Lipinski definition) is 5. The smallest absolute Gasteiger partial charge is 0.323 e. The summed E-state index contributed by atoms with van der Waals surface area (Å²) in [5.41, 5.74) is 0.798. The topological polar surface area (TPSA) is 54.5 Å². The third-order valence-electron chi connectivity index (χ3n) is 3.55. The summed E-state index contributed by atoms with van der Waals surface area (Å²) >= 11 is 6.23. The van der Waals surface area contributed by atoms with Crippen LogP contribution in [0.4, 0.5) is 5.82 Å². The van der Waals surface area contributed by atoms with Gasteiger partial charge in [-0.1, -0.05) is 11.6 Å². The summed E-state index contributed by atoms with van der Waals surface area (Å²) in [6, 6.07) is 3.53. The first kappa shape index (κ1) is 16.0. The summed E-state index contributed by atoms with van der Waals surface area (Å²) in [4.78, 5) is 18.6. The predicted molar refractivity (Wildman–Crippen MR) is 83.5 cm³/mol. The average Bonchev–Trinajstić information content (AvgIpc) is 2.91. The van der Waals surface area contributed by atoms with E-state index in [1.54, 1.807) is 0 Å². The van der Waals surface area contributed by atoms with E-state index in [9.17, 15) is 4.79 Å². The fourth-order valence-corrected chi connectivity index (χ4v) is 2.75. The molecule has 1 aliphatic heterocycles. The maximum absolute atomic E-state index is 12.0. The van der Waals surface area contributed by atoms with Gasteiger partial charge in [0.25, 0.3) is 0 Å². The van der Waals surface area contributed by atoms with E-state index in [0.717, 1.165) is 37.4 Å². The zero-order valence-electron chi connectivity index (χ0n) is 12.6. The molecule has 0 aliphatic carbocycles. The molecule has 1 atom stereocenters. The van der Waals surface area contributed by atoms with E-state index in [0.29, 0.717) is 18.2 Å². The van der Waals surface area contributed by atoms with Gasteiger partial charge < -0.3 is 10.1 Å². The highest BCUT2D eigenvalue weighted by molar-refractivity contribution is 6.31. The standard InChI is InChI=1S/C15H22ClN3O2/c1-3-17-14-8-7-11(16)12(18-14)10-19-9-5-6-13(19)15(20)21-4-2/h7-8,13H,3-6,9-10H2,1-2H3,(H,17,18). The molecular weight excluding hydrogens is 290 g/mol. The van der Waals surface area contributed by atoms with Crippen LogP contribution in [0.25, 0.3) is 0 Å². The number of carbonyl (C=O) groups is 1. The van der Waals surface area contributed by atoms with Gasteiger partial charge in [-0.05, 0) is 45.4 Å². The molecule has 1 saturated heterocycles. The Kier molecular flexibility index (Phi) is 5.82. The van der Waals surface area contributed by atoms with Crippen molar-refractivity contribution >= 4 is 23.4 Å². The van der Waals surface area contributed by atoms with Crippen LogP contribution in [-0.4, -0.2) is 41.6 Å². The molecule has 2 heterocycles. The van der Waals surface area contributed by atoms with Gasteiger partial charge in [0.1, 0.15) is 11.9 Å². The van der Waals surface area contributed by atoms with Crippen LogP contribution >= 0.6 is 11.6 Å². The van der Waals surface area contributed by atoms with Gasteiger partial charge in [0.05, 0.1) is 17.3 Å². The second kappa shape index (κ2) is 7.61. The van der Waals surface area contributed by atoms with Gasteiger partial charge in [-0.25, -0.2) is 4.98 Å². The van der Waals surface area contributed by atoms with Crippen LogP contribution in [0.3, 0.4) is 0 Å². The number of hydrogen-bond donors (Lipinski definition) is 1. The number of esters is 1. The molecule has 0 spiro atoms. The number of halogens is 1. The lowest BCUT2D eigenvalue weighted by atomic mass is 10.2. The molecule has 21 heavy (non-hydrogen) atoms. The fourth-order valence-electron chi connectivity index (χ4n) is 2.59. The number of nitrogens with zero attached hydrogens (tertiary/aromatic N) is 2. The number of rotatable bonds is 6. The summed E-state index contributed by atoms with van der Waals surface area (Å²) < 4.78 is 5.14. The van der Waals surface area contributed by atoms with Crippen molar-refractivity contribution in [2.75, 3.05) is 25.0 Å². The first-order chi connectivity index (χ1) is 10.2. The third-order valence-corrected chi connectivity index (χ3v) is 3.90. The number of aromatic nitrogens is 1. The molecule has 0 amide bonds. The first-order valence-electron chi connectivity index (χ1n) is 7.45. The van der Waals surface area contributed by atoms with Crippen molar-refractivity contribution < 1.29 is 9.53 Å². The van der Waals surface area contributed by atoms with Gasteiger partial charge in [-0.3, -0.25) is 9.69 Å². The molecule has 1 aromatic rings. The van der Waals surface area contributed by atoms with Gasteiger partial charge >= 0.3 is 5.97 Å². The molecule has 1 fully saturated rings. The lowest BCUT2D eigenvalue weighted by molar-refractivity contribution is -0.148. The molecule has 0 bridgehead atoms. The second-order valence-electron chi connectivity index (χ2n) is 5.04. The van der Waals surface area contributed by atoms with Crippen molar-refractivity contribution in [1.29, 1.82) is 0 Å². The van der Waals surface area contributed by atoms with E-state index in [2.05, 4.69) is 15.2 Å². The monoisotopic (exact) mass is 311 g/mol. The highest BCUT2D eigenvalue weighted by Crippen LogP contribution is 2.24. The van der Waals surface area contributed by atoms with Crippen molar-refractivity contribution in [2.24, 2.45) is 0 Å². The molecule has 2 rings (SSSR count). The van der Waals surface area contributed by atoms with Gasteiger partial charge in [0.2, 0.25) is 0 Å². The highest BCUT2D eigenvalue weighted by atomic mass is 35.5. The van der Waals surface area contributed by atoms with Crippen LogP contribution < -0.4 is 5.32 Å². The fraction of sp³-hybridized carbons (Fsp3) is 0.600. The summed E-state index contributed by atoms with van der Waals surface area (Å²) in [7, 11) is 0. The Labute approximate surface area is 130 Å². The zero-order valence-corrected chi connectivity index (χ0v) is 13.3. The number of pyridine rings is 1. The number of ether oxygens (including phenoxy) is 1. The number of likely N-dealkylation sites (tertiary alicyclic amines) is 1. The molecule has 6 heteroatoms. The van der Waals surface area contributed by atoms with Crippen LogP contribution in [0.15, 0.2) is 12.1 Å². The Morgan fingerprint density at radius 1 is 1.52 bits per heavy atom. The van der Waals surface area contributed by atoms with Crippen LogP contribution in [0.1, 0.15) is 32.4 Å². The molecule has 1 N–H and O–H groups in total. The molecule has 1 aliphatic rings. The van der Waals surface area contributed by atoms with E-state index in [1.165, 1.54) is 0 Å². The lowest BCUT2D eigenvalue weighted by Crippen LogP contribution is -2.37. The second-order valence-corrected chi connectivity index (χ2v) is 5.44. The van der Waals surface area contributed by atoms with Crippen molar-refractivity contribution in [1.82, 2.24) is 9.88 Å². The quantitative estimate of drug-likeness (QED) is 0.819. The Balaban J connectivity index is 2.09. The minimum absolute atomic E-state index is 0.144. The molecule has 116 valence electrons. The predicted octanol–water partition coefficient (Wildman–Crippen LogP) is 2.69. The summed E-state index contributed by atoms with van der Waals surface area (Å²) in [5, 5.41) is 3.81. The Morgan fingerprint density at radius 2 is 2.33 bits per heavy atom. The van der Waals surface area contributed by atoms with Crippen LogP contribution in [-0.2, 0) is 16.1 Å². The summed E-state index contributed by atoms with van der Waals surface area (Å²) in [5.74, 6) is 0.665. The Bertz CT molecular complexity index is 496. The normalized spacial score (nSPS) is 18.7. The van der Waals surface area contributed by atoms with E-state index < -0.39 is 0 Å². The van der Waals surface area contributed by atoms with Crippen LogP contribution in [0.5, 0.6) is 0 Å². The summed E-state index contributed by atoms with van der Waals surface area (Å²) in [6.45, 7) is 6.51. The van der Waals surface area contributed by atoms with Gasteiger partial charge in [0, 0.05) is 13.1 Å². The van der Waals surface area contributed by atoms with Crippen molar-refractivity contribution in [3.05, 3.63) is 22.8 Å². The molecule has 0 aromatic carbocycles. The molecule has 5 nitrogen and oxygen atoms in total. The van der Waals surface area contributed by atoms with Gasteiger partial charge in [-0.15, -0.1) is 0 Å². The maximum Gasteiger partial charge on any atom is 0.323 e. The van der Waals surface area contributed by atoms with E-state index in [-0.39, 0.29) is 12.0 Å². The molecule has 1 unspecified atom stereocenters. The SMILES string of the molecule is CCNc1ccc(Cl)c(CN2CCCC2C(=O)OCC)n1. The zero-order chi connectivity index (χ0) is 15.2. The van der Waals surface area contributed by atoms with Crippen LogP contribution in [0, 0.1) is 0 Å². The van der Waals surface area contributed by atoms with Gasteiger partial charge in [0.15, 0.2) is 0 Å². The van der Waals surface area contributed by atoms with E-state index in [4.69, 9.17) is 16.3 Å². The third kappa shape index (κ3) is 4.08. The van der Waals surface area contributed by atoms with Crippen molar-refractivity contribution in [3.63, 3.8) is 0 Å². The first-order valence-corrected chi connectivity index (χ1v) is 7.83. The van der Waals surface area contributed by atoms with E-state index >= 15 is 0 Å². The minimum Gasteiger partial charge on any atom is -0.465 e. The van der Waals surface area contributed by atoms with Crippen LogP contribution in [0.2, 0.25) is 5.02 Å². The van der Waals surface area contributed by atoms with Crippen molar-refractivity contribution in [3.8, 4) is 0 Å². The van der Waals surface area contributed by atoms with E-state index in [1.807, 2.05) is 26.0 Å². The highest BCUT2D eigenvalue weighted by Gasteiger charge is 2.32. The number of anilines is 1. The summed E-state index contributed by atoms with van der Waals surface area (Å²) in [6.07, 6.45) is 1.83. The molecule has 0 saturated carbocycles. The lowest BCUT2D eigenvalue weighted by Gasteiger charge is -2.23. The number of nitrogens with one attached hydrogen (secondary N) is 1. The Morgan fingerprint density at radius 3 is 3.05 bits per heavy atom. The van der Waals surface area contributed by atoms with Gasteiger partial charge in [-0.2, -0.15) is 0 Å². The largest absolute Gasteiger partial charge is 0.465 e. The minimum atomic E-state index is -0.175. The molecule has 0 radical (unpaired) electrons. The average molecular weight is 312 g/mol. The number of carbonyl (C=O) groups excluding carboxylic acids is 1. The Hall–Kier alpha value is -1.33. The molecular formula is C15H22ClN3O2. The molecule has 1 aromatic heterocycles.